The lowest BCUT2D eigenvalue weighted by molar-refractivity contribution is 0.538. The molecule has 0 saturated heterocycles. The second kappa shape index (κ2) is 17.3. The van der Waals surface area contributed by atoms with Crippen molar-refractivity contribution in [2.75, 3.05) is 5.75 Å². The Hall–Kier alpha value is -0.0800. The molecule has 1 aromatic carbocycles. The van der Waals surface area contributed by atoms with Gasteiger partial charge in [0, 0.05) is 10.6 Å². The molecule has 0 aliphatic carbocycles. The summed E-state index contributed by atoms with van der Waals surface area (Å²) in [6.45, 7) is 4.46. The molecule has 0 saturated carbocycles. The maximum atomic E-state index is 2.29. The normalized spacial score (nSPS) is 11.1. The average Bonchev–Trinajstić information content (AvgIpc) is 2.61. The third-order valence-electron chi connectivity index (χ3n) is 4.73. The molecule has 0 N–H and O–H groups in total. The van der Waals surface area contributed by atoms with Crippen molar-refractivity contribution in [3.05, 3.63) is 29.8 Å². The first kappa shape index (κ1) is 23.0. The van der Waals surface area contributed by atoms with Crippen LogP contribution in [0.5, 0.6) is 0 Å². The molecule has 0 amide bonds. The first-order valence-electron chi connectivity index (χ1n) is 10.7. The monoisotopic (exact) mass is 380 g/mol. The predicted molar refractivity (Wildman–Crippen MR) is 120 cm³/mol. The van der Waals surface area contributed by atoms with Crippen LogP contribution >= 0.6 is 21.6 Å². The Kier molecular flexibility index (Phi) is 15.9. The second-order valence-electron chi connectivity index (χ2n) is 7.32. The third-order valence-corrected chi connectivity index (χ3v) is 7.18. The molecule has 2 heteroatoms. The van der Waals surface area contributed by atoms with E-state index in [4.69, 9.17) is 0 Å². The van der Waals surface area contributed by atoms with Crippen LogP contribution in [0.3, 0.4) is 0 Å². The maximum absolute atomic E-state index is 2.29. The Bertz CT molecular complexity index is 403. The smallest absolute Gasteiger partial charge is 0.0185 e. The quantitative estimate of drug-likeness (QED) is 0.195. The van der Waals surface area contributed by atoms with Gasteiger partial charge in [-0.2, -0.15) is 0 Å². The molecule has 0 fully saturated rings. The molecule has 0 unspecified atom stereocenters. The number of unbranched alkanes of at least 4 members (excludes halogenated alkanes) is 13. The number of benzene rings is 1. The fraction of sp³-hybridized carbons (Fsp3) is 0.739. The van der Waals surface area contributed by atoms with Gasteiger partial charge in [0.1, 0.15) is 0 Å². The van der Waals surface area contributed by atoms with Gasteiger partial charge in [0.05, 0.1) is 0 Å². The largest absolute Gasteiger partial charge is 0.0889 e. The molecule has 25 heavy (non-hydrogen) atoms. The van der Waals surface area contributed by atoms with E-state index in [1.54, 1.807) is 0 Å². The third kappa shape index (κ3) is 14.7. The fourth-order valence-electron chi connectivity index (χ4n) is 3.13. The van der Waals surface area contributed by atoms with Crippen molar-refractivity contribution in [1.82, 2.24) is 0 Å². The van der Waals surface area contributed by atoms with Crippen molar-refractivity contribution in [1.29, 1.82) is 0 Å². The van der Waals surface area contributed by atoms with Crippen LogP contribution in [0.1, 0.15) is 102 Å². The summed E-state index contributed by atoms with van der Waals surface area (Å²) in [6.07, 6.45) is 20.2. The predicted octanol–water partition coefficient (Wildman–Crippen LogP) is 9.22. The van der Waals surface area contributed by atoms with Crippen LogP contribution in [-0.2, 0) is 0 Å². The number of rotatable bonds is 17. The van der Waals surface area contributed by atoms with Crippen molar-refractivity contribution in [2.45, 2.75) is 109 Å². The molecule has 144 valence electrons. The molecule has 1 rings (SSSR count). The molecule has 1 aromatic rings. The zero-order valence-electron chi connectivity index (χ0n) is 16.7. The van der Waals surface area contributed by atoms with E-state index in [0.29, 0.717) is 0 Å². The zero-order chi connectivity index (χ0) is 18.0. The van der Waals surface area contributed by atoms with Gasteiger partial charge in [0.25, 0.3) is 0 Å². The van der Waals surface area contributed by atoms with Crippen LogP contribution in [0, 0.1) is 6.92 Å². The summed E-state index contributed by atoms with van der Waals surface area (Å²) in [7, 11) is 3.95. The molecule has 0 radical (unpaired) electrons. The van der Waals surface area contributed by atoms with Gasteiger partial charge in [-0.1, -0.05) is 124 Å². The van der Waals surface area contributed by atoms with Crippen LogP contribution in [0.15, 0.2) is 29.2 Å². The van der Waals surface area contributed by atoms with E-state index in [9.17, 15) is 0 Å². The van der Waals surface area contributed by atoms with Gasteiger partial charge in [-0.15, -0.1) is 0 Å². The molecule has 0 aromatic heterocycles. The minimum Gasteiger partial charge on any atom is -0.0889 e. The maximum Gasteiger partial charge on any atom is 0.0185 e. The van der Waals surface area contributed by atoms with Gasteiger partial charge in [-0.05, 0) is 31.0 Å². The van der Waals surface area contributed by atoms with Gasteiger partial charge >= 0.3 is 0 Å². The van der Waals surface area contributed by atoms with E-state index >= 15 is 0 Å². The number of aryl methyl sites for hydroxylation is 1. The van der Waals surface area contributed by atoms with E-state index in [0.717, 1.165) is 0 Å². The summed E-state index contributed by atoms with van der Waals surface area (Å²) in [5.41, 5.74) is 1.36. The summed E-state index contributed by atoms with van der Waals surface area (Å²) in [5.74, 6) is 1.29. The summed E-state index contributed by atoms with van der Waals surface area (Å²) in [5, 5.41) is 0. The molecule has 0 heterocycles. The molecule has 0 atom stereocenters. The van der Waals surface area contributed by atoms with Crippen LogP contribution in [0.25, 0.3) is 0 Å². The van der Waals surface area contributed by atoms with Crippen LogP contribution < -0.4 is 0 Å². The van der Waals surface area contributed by atoms with Crippen molar-refractivity contribution < 1.29 is 0 Å². The Morgan fingerprint density at radius 2 is 1.20 bits per heavy atom. The molecular weight excluding hydrogens is 340 g/mol. The summed E-state index contributed by atoms with van der Waals surface area (Å²) >= 11 is 0. The highest BCUT2D eigenvalue weighted by molar-refractivity contribution is 8.76. The first-order chi connectivity index (χ1) is 12.3. The second-order valence-corrected chi connectivity index (χ2v) is 9.81. The van der Waals surface area contributed by atoms with Crippen molar-refractivity contribution in [3.63, 3.8) is 0 Å². The molecular formula is C23H40S2. The highest BCUT2D eigenvalue weighted by Crippen LogP contribution is 2.32. The fourth-order valence-corrected chi connectivity index (χ4v) is 5.36. The van der Waals surface area contributed by atoms with Crippen molar-refractivity contribution in [2.24, 2.45) is 0 Å². The summed E-state index contributed by atoms with van der Waals surface area (Å²) in [4.78, 5) is 1.40. The summed E-state index contributed by atoms with van der Waals surface area (Å²) in [6, 6.07) is 8.83. The average molecular weight is 381 g/mol. The SMILES string of the molecule is CCCCCCCCCCCCCCCCSSc1cccc(C)c1. The summed E-state index contributed by atoms with van der Waals surface area (Å²) < 4.78 is 0. The van der Waals surface area contributed by atoms with Crippen LogP contribution in [0.2, 0.25) is 0 Å². The molecule has 0 nitrogen and oxygen atoms in total. The minimum absolute atomic E-state index is 1.29. The van der Waals surface area contributed by atoms with E-state index in [1.165, 1.54) is 106 Å². The van der Waals surface area contributed by atoms with Gasteiger partial charge in [0.15, 0.2) is 0 Å². The Balaban J connectivity index is 1.75. The standard InChI is InChI=1S/C23H40S2/c1-3-4-5-6-7-8-9-10-11-12-13-14-15-16-20-24-25-23-19-17-18-22(2)21-23/h17-19,21H,3-16,20H2,1-2H3. The lowest BCUT2D eigenvalue weighted by Gasteiger charge is -2.04. The van der Waals surface area contributed by atoms with Crippen molar-refractivity contribution >= 4 is 21.6 Å². The Morgan fingerprint density at radius 1 is 0.680 bits per heavy atom. The zero-order valence-corrected chi connectivity index (χ0v) is 18.4. The van der Waals surface area contributed by atoms with Gasteiger partial charge in [0.2, 0.25) is 0 Å². The van der Waals surface area contributed by atoms with Gasteiger partial charge in [-0.3, -0.25) is 0 Å². The highest BCUT2D eigenvalue weighted by atomic mass is 33.1. The lowest BCUT2D eigenvalue weighted by Crippen LogP contribution is -1.84. The molecule has 0 aliphatic heterocycles. The van der Waals surface area contributed by atoms with Crippen LogP contribution in [-0.4, -0.2) is 5.75 Å². The first-order valence-corrected chi connectivity index (χ1v) is 13.0. The highest BCUT2D eigenvalue weighted by Gasteiger charge is 1.97. The van der Waals surface area contributed by atoms with Gasteiger partial charge in [-0.25, -0.2) is 0 Å². The number of hydrogen-bond acceptors (Lipinski definition) is 2. The van der Waals surface area contributed by atoms with E-state index in [2.05, 4.69) is 38.1 Å². The Morgan fingerprint density at radius 3 is 1.72 bits per heavy atom. The van der Waals surface area contributed by atoms with Crippen molar-refractivity contribution in [3.8, 4) is 0 Å². The number of hydrogen-bond donors (Lipinski definition) is 0. The van der Waals surface area contributed by atoms with E-state index in [-0.39, 0.29) is 0 Å². The lowest BCUT2D eigenvalue weighted by atomic mass is 10.0. The molecule has 0 aliphatic rings. The molecule has 0 spiro atoms. The van der Waals surface area contributed by atoms with E-state index in [1.807, 2.05) is 21.6 Å². The van der Waals surface area contributed by atoms with E-state index < -0.39 is 0 Å². The molecule has 0 bridgehead atoms. The Labute approximate surface area is 165 Å². The minimum atomic E-state index is 1.29. The van der Waals surface area contributed by atoms with Gasteiger partial charge < -0.3 is 0 Å². The van der Waals surface area contributed by atoms with Crippen LogP contribution in [0.4, 0.5) is 0 Å². The topological polar surface area (TPSA) is 0 Å².